The maximum Gasteiger partial charge on any atom is 0.192 e. The summed E-state index contributed by atoms with van der Waals surface area (Å²) in [6, 6.07) is 6.27. The molecule has 1 rings (SSSR count). The number of hydrogen-bond acceptors (Lipinski definition) is 1. The highest BCUT2D eigenvalue weighted by Crippen LogP contribution is 2.16. The summed E-state index contributed by atoms with van der Waals surface area (Å²) in [6.45, 7) is 0. The summed E-state index contributed by atoms with van der Waals surface area (Å²) >= 11 is 1.64. The first-order chi connectivity index (χ1) is 4.34. The van der Waals surface area contributed by atoms with Crippen LogP contribution in [0.5, 0.6) is 5.75 Å². The molecule has 1 aromatic rings. The molecule has 0 aliphatic rings. The highest BCUT2D eigenvalue weighted by Gasteiger charge is 1.96. The summed E-state index contributed by atoms with van der Waals surface area (Å²) in [5.41, 5.74) is 0. The van der Waals surface area contributed by atoms with E-state index in [2.05, 4.69) is 3.07 Å². The summed E-state index contributed by atoms with van der Waals surface area (Å²) in [7, 11) is 0. The lowest BCUT2D eigenvalue weighted by Crippen LogP contribution is -1.78. The Morgan fingerprint density at radius 1 is 1.33 bits per heavy atom. The molecular weight excluding hydrogens is 234 g/mol. The van der Waals surface area contributed by atoms with Gasteiger partial charge in [-0.3, -0.25) is 0 Å². The van der Waals surface area contributed by atoms with Crippen LogP contribution in [0.15, 0.2) is 24.3 Å². The first-order valence-corrected chi connectivity index (χ1v) is 3.26. The van der Waals surface area contributed by atoms with Crippen LogP contribution in [0, 0.1) is 5.82 Å². The fourth-order valence-corrected chi connectivity index (χ4v) is 0.864. The molecule has 0 aliphatic heterocycles. The standard InChI is InChI=1S/C6H4FIO/c7-5-3-1-2-4-6(5)9-8/h1-4H. The minimum absolute atomic E-state index is 0.276. The molecule has 0 aliphatic carbocycles. The molecule has 0 spiro atoms. The number of halogens is 2. The number of benzene rings is 1. The van der Waals surface area contributed by atoms with Crippen LogP contribution in [0.3, 0.4) is 0 Å². The van der Waals surface area contributed by atoms with Gasteiger partial charge >= 0.3 is 0 Å². The van der Waals surface area contributed by atoms with Crippen LogP contribution in [0.4, 0.5) is 4.39 Å². The molecular formula is C6H4FIO. The van der Waals surface area contributed by atoms with Gasteiger partial charge < -0.3 is 3.07 Å². The summed E-state index contributed by atoms with van der Waals surface area (Å²) < 4.78 is 17.1. The van der Waals surface area contributed by atoms with Crippen molar-refractivity contribution in [1.29, 1.82) is 0 Å². The number of para-hydroxylation sites is 1. The molecule has 0 heterocycles. The summed E-state index contributed by atoms with van der Waals surface area (Å²) in [5, 5.41) is 0. The average Bonchev–Trinajstić information content (AvgIpc) is 1.89. The van der Waals surface area contributed by atoms with E-state index in [4.69, 9.17) is 0 Å². The van der Waals surface area contributed by atoms with Crippen LogP contribution in [0.1, 0.15) is 0 Å². The van der Waals surface area contributed by atoms with E-state index in [1.807, 2.05) is 0 Å². The van der Waals surface area contributed by atoms with Gasteiger partial charge in [-0.25, -0.2) is 4.39 Å². The topological polar surface area (TPSA) is 9.23 Å². The molecule has 0 atom stereocenters. The van der Waals surface area contributed by atoms with Crippen molar-refractivity contribution in [2.24, 2.45) is 0 Å². The van der Waals surface area contributed by atoms with Gasteiger partial charge in [0.2, 0.25) is 0 Å². The Morgan fingerprint density at radius 2 is 2.00 bits per heavy atom. The molecule has 3 heteroatoms. The molecule has 0 fully saturated rings. The van der Waals surface area contributed by atoms with Crippen LogP contribution in [0.2, 0.25) is 0 Å². The molecule has 0 saturated heterocycles. The quantitative estimate of drug-likeness (QED) is 0.683. The van der Waals surface area contributed by atoms with Crippen LogP contribution in [0.25, 0.3) is 0 Å². The zero-order chi connectivity index (χ0) is 6.69. The van der Waals surface area contributed by atoms with Crippen LogP contribution in [-0.2, 0) is 0 Å². The van der Waals surface area contributed by atoms with E-state index in [-0.39, 0.29) is 11.6 Å². The lowest BCUT2D eigenvalue weighted by Gasteiger charge is -1.94. The largest absolute Gasteiger partial charge is 0.425 e. The lowest BCUT2D eigenvalue weighted by molar-refractivity contribution is 0.567. The number of rotatable bonds is 1. The van der Waals surface area contributed by atoms with E-state index in [9.17, 15) is 4.39 Å². The summed E-state index contributed by atoms with van der Waals surface area (Å²) in [4.78, 5) is 0. The molecule has 0 aromatic heterocycles. The predicted octanol–water partition coefficient (Wildman–Crippen LogP) is 2.55. The van der Waals surface area contributed by atoms with Crippen LogP contribution < -0.4 is 3.07 Å². The van der Waals surface area contributed by atoms with E-state index in [1.165, 1.54) is 6.07 Å². The molecule has 0 bridgehead atoms. The zero-order valence-electron chi connectivity index (χ0n) is 4.47. The maximum absolute atomic E-state index is 12.5. The van der Waals surface area contributed by atoms with Gasteiger partial charge in [-0.15, -0.1) is 0 Å². The van der Waals surface area contributed by atoms with Crippen molar-refractivity contribution in [2.75, 3.05) is 0 Å². The van der Waals surface area contributed by atoms with Gasteiger partial charge in [0, 0.05) is 0 Å². The highest BCUT2D eigenvalue weighted by atomic mass is 127. The number of hydrogen-bond donors (Lipinski definition) is 0. The Labute approximate surface area is 66.5 Å². The third kappa shape index (κ3) is 1.54. The van der Waals surface area contributed by atoms with E-state index >= 15 is 0 Å². The summed E-state index contributed by atoms with van der Waals surface area (Å²) in [5.74, 6) is -0.0509. The maximum atomic E-state index is 12.5. The van der Waals surface area contributed by atoms with Gasteiger partial charge in [0.1, 0.15) is 0 Å². The highest BCUT2D eigenvalue weighted by molar-refractivity contribution is 14.1. The third-order valence-corrected chi connectivity index (χ3v) is 1.39. The first-order valence-electron chi connectivity index (χ1n) is 2.37. The second-order valence-corrected chi connectivity index (χ2v) is 1.95. The van der Waals surface area contributed by atoms with E-state index in [0.717, 1.165) is 0 Å². The van der Waals surface area contributed by atoms with Crippen LogP contribution >= 0.6 is 23.0 Å². The van der Waals surface area contributed by atoms with Gasteiger partial charge in [0.25, 0.3) is 0 Å². The second kappa shape index (κ2) is 3.00. The Bertz CT molecular complexity index is 202. The molecule has 1 nitrogen and oxygen atoms in total. The normalized spacial score (nSPS) is 9.11. The van der Waals surface area contributed by atoms with Gasteiger partial charge in [0.15, 0.2) is 34.6 Å². The molecule has 0 radical (unpaired) electrons. The minimum Gasteiger partial charge on any atom is -0.425 e. The Balaban J connectivity index is 3.01. The molecule has 48 valence electrons. The van der Waals surface area contributed by atoms with Crippen molar-refractivity contribution in [3.8, 4) is 5.75 Å². The molecule has 0 N–H and O–H groups in total. The first kappa shape index (κ1) is 6.80. The monoisotopic (exact) mass is 238 g/mol. The van der Waals surface area contributed by atoms with E-state index in [0.29, 0.717) is 0 Å². The van der Waals surface area contributed by atoms with Crippen molar-refractivity contribution in [2.45, 2.75) is 0 Å². The van der Waals surface area contributed by atoms with Gasteiger partial charge in [-0.05, 0) is 12.1 Å². The van der Waals surface area contributed by atoms with Crippen molar-refractivity contribution in [1.82, 2.24) is 0 Å². The smallest absolute Gasteiger partial charge is 0.192 e. The van der Waals surface area contributed by atoms with Crippen molar-refractivity contribution in [3.63, 3.8) is 0 Å². The SMILES string of the molecule is Fc1ccccc1OI. The predicted molar refractivity (Wildman–Crippen MR) is 41.0 cm³/mol. The molecule has 1 aromatic carbocycles. The summed E-state index contributed by atoms with van der Waals surface area (Å²) in [6.07, 6.45) is 0. The van der Waals surface area contributed by atoms with E-state index in [1.54, 1.807) is 41.2 Å². The van der Waals surface area contributed by atoms with Crippen molar-refractivity contribution >= 4 is 23.0 Å². The zero-order valence-corrected chi connectivity index (χ0v) is 6.63. The lowest BCUT2D eigenvalue weighted by atomic mass is 10.3. The molecule has 0 amide bonds. The molecule has 9 heavy (non-hydrogen) atoms. The third-order valence-electron chi connectivity index (χ3n) is 0.920. The fraction of sp³-hybridized carbons (Fsp3) is 0. The van der Waals surface area contributed by atoms with Gasteiger partial charge in [0.05, 0.1) is 0 Å². The van der Waals surface area contributed by atoms with Crippen molar-refractivity contribution in [3.05, 3.63) is 30.1 Å². The second-order valence-electron chi connectivity index (χ2n) is 1.51. The average molecular weight is 238 g/mol. The van der Waals surface area contributed by atoms with Gasteiger partial charge in [-0.2, -0.15) is 0 Å². The fourth-order valence-electron chi connectivity index (χ4n) is 0.507. The Hall–Kier alpha value is -0.320. The van der Waals surface area contributed by atoms with Crippen LogP contribution in [-0.4, -0.2) is 0 Å². The molecule has 0 unspecified atom stereocenters. The van der Waals surface area contributed by atoms with E-state index < -0.39 is 0 Å². The minimum atomic E-state index is -0.327. The van der Waals surface area contributed by atoms with Crippen molar-refractivity contribution < 1.29 is 7.46 Å². The molecule has 0 saturated carbocycles. The Morgan fingerprint density at radius 3 is 2.44 bits per heavy atom. The van der Waals surface area contributed by atoms with Gasteiger partial charge in [-0.1, -0.05) is 12.1 Å². The Kier molecular flexibility index (Phi) is 2.27.